The first-order valence-corrected chi connectivity index (χ1v) is 9.23. The number of benzene rings is 1. The number of nitro groups is 1. The summed E-state index contributed by atoms with van der Waals surface area (Å²) in [4.78, 5) is 27.0. The minimum absolute atomic E-state index is 0.0166. The zero-order valence-electron chi connectivity index (χ0n) is 15.2. The van der Waals surface area contributed by atoms with Gasteiger partial charge in [-0.2, -0.15) is 5.10 Å². The molecule has 1 aromatic heterocycles. The molecule has 0 unspecified atom stereocenters. The average Bonchev–Trinajstić information content (AvgIpc) is 3.01. The predicted octanol–water partition coefficient (Wildman–Crippen LogP) is 2.49. The number of halogens is 1. The van der Waals surface area contributed by atoms with Gasteiger partial charge in [0, 0.05) is 50.7 Å². The summed E-state index contributed by atoms with van der Waals surface area (Å²) in [5, 5.41) is 15.7. The molecule has 0 radical (unpaired) electrons. The van der Waals surface area contributed by atoms with E-state index in [1.807, 2.05) is 23.1 Å². The molecule has 1 fully saturated rings. The van der Waals surface area contributed by atoms with Crippen LogP contribution in [0.1, 0.15) is 17.7 Å². The van der Waals surface area contributed by atoms with E-state index in [0.717, 1.165) is 30.2 Å². The average molecular weight is 392 g/mol. The molecule has 0 bridgehead atoms. The molecule has 0 spiro atoms. The predicted molar refractivity (Wildman–Crippen MR) is 102 cm³/mol. The minimum atomic E-state index is -0.459. The van der Waals surface area contributed by atoms with Gasteiger partial charge in [0.25, 0.3) is 0 Å². The van der Waals surface area contributed by atoms with Crippen molar-refractivity contribution in [2.45, 2.75) is 26.4 Å². The summed E-state index contributed by atoms with van der Waals surface area (Å²) in [6, 6.07) is 7.81. The van der Waals surface area contributed by atoms with Gasteiger partial charge in [0.2, 0.25) is 5.91 Å². The van der Waals surface area contributed by atoms with Gasteiger partial charge in [-0.05, 0) is 24.6 Å². The molecule has 1 amide bonds. The highest BCUT2D eigenvalue weighted by atomic mass is 35.5. The van der Waals surface area contributed by atoms with E-state index in [-0.39, 0.29) is 18.0 Å². The lowest BCUT2D eigenvalue weighted by Gasteiger charge is -2.34. The summed E-state index contributed by atoms with van der Waals surface area (Å²) in [5.74, 6) is 0.0493. The van der Waals surface area contributed by atoms with Crippen LogP contribution in [0.2, 0.25) is 5.02 Å². The van der Waals surface area contributed by atoms with Crippen LogP contribution in [-0.4, -0.2) is 56.6 Å². The van der Waals surface area contributed by atoms with Gasteiger partial charge in [-0.25, -0.2) is 0 Å². The lowest BCUT2D eigenvalue weighted by Crippen LogP contribution is -2.48. The van der Waals surface area contributed by atoms with Crippen molar-refractivity contribution in [3.05, 3.63) is 56.9 Å². The Labute approximate surface area is 162 Å². The van der Waals surface area contributed by atoms with Crippen LogP contribution in [0.4, 0.5) is 5.69 Å². The fraction of sp³-hybridized carbons (Fsp3) is 0.444. The minimum Gasteiger partial charge on any atom is -0.340 e. The molecule has 1 aromatic carbocycles. The molecule has 0 saturated carbocycles. The molecule has 2 aromatic rings. The highest BCUT2D eigenvalue weighted by Gasteiger charge is 2.22. The zero-order valence-corrected chi connectivity index (χ0v) is 15.9. The van der Waals surface area contributed by atoms with E-state index < -0.39 is 4.92 Å². The van der Waals surface area contributed by atoms with Crippen molar-refractivity contribution in [2.24, 2.45) is 0 Å². The summed E-state index contributed by atoms with van der Waals surface area (Å²) in [7, 11) is 0. The number of hydrogen-bond donors (Lipinski definition) is 0. The first-order valence-electron chi connectivity index (χ1n) is 8.85. The molecule has 27 heavy (non-hydrogen) atoms. The Morgan fingerprint density at radius 2 is 2.04 bits per heavy atom. The number of aryl methyl sites for hydroxylation is 2. The quantitative estimate of drug-likeness (QED) is 0.558. The number of hydrogen-bond acceptors (Lipinski definition) is 5. The number of nitrogens with zero attached hydrogens (tertiary/aromatic N) is 5. The Kier molecular flexibility index (Phi) is 6.08. The summed E-state index contributed by atoms with van der Waals surface area (Å²) in [6.45, 7) is 5.73. The Morgan fingerprint density at radius 1 is 1.30 bits per heavy atom. The number of carbonyl (C=O) groups is 1. The summed E-state index contributed by atoms with van der Waals surface area (Å²) in [5.41, 5.74) is 1.51. The van der Waals surface area contributed by atoms with Crippen LogP contribution < -0.4 is 0 Å². The van der Waals surface area contributed by atoms with E-state index in [4.69, 9.17) is 11.6 Å². The largest absolute Gasteiger partial charge is 0.340 e. The van der Waals surface area contributed by atoms with Crippen molar-refractivity contribution in [2.75, 3.05) is 26.2 Å². The van der Waals surface area contributed by atoms with Crippen molar-refractivity contribution < 1.29 is 9.72 Å². The fourth-order valence-electron chi connectivity index (χ4n) is 3.22. The molecule has 144 valence electrons. The summed E-state index contributed by atoms with van der Waals surface area (Å²) in [6.07, 6.45) is 1.66. The Hall–Kier alpha value is -2.45. The molecule has 0 N–H and O–H groups in total. The molecular formula is C18H22ClN5O3. The van der Waals surface area contributed by atoms with Crippen molar-refractivity contribution in [3.63, 3.8) is 0 Å². The van der Waals surface area contributed by atoms with Crippen LogP contribution in [-0.2, 0) is 17.9 Å². The molecule has 1 aliphatic rings. The second-order valence-electron chi connectivity index (χ2n) is 6.66. The summed E-state index contributed by atoms with van der Waals surface area (Å²) >= 11 is 6.03. The fourth-order valence-corrected chi connectivity index (χ4v) is 3.43. The van der Waals surface area contributed by atoms with Crippen LogP contribution in [0.25, 0.3) is 0 Å². The van der Waals surface area contributed by atoms with E-state index in [9.17, 15) is 14.9 Å². The molecule has 0 atom stereocenters. The second kappa shape index (κ2) is 8.49. The molecule has 1 saturated heterocycles. The normalized spacial score (nSPS) is 15.1. The van der Waals surface area contributed by atoms with E-state index in [1.54, 1.807) is 6.92 Å². The molecule has 2 heterocycles. The molecule has 0 aliphatic carbocycles. The zero-order chi connectivity index (χ0) is 19.4. The van der Waals surface area contributed by atoms with Gasteiger partial charge in [0.1, 0.15) is 11.9 Å². The van der Waals surface area contributed by atoms with Gasteiger partial charge in [0.05, 0.1) is 4.92 Å². The monoisotopic (exact) mass is 391 g/mol. The van der Waals surface area contributed by atoms with Crippen molar-refractivity contribution >= 4 is 23.2 Å². The van der Waals surface area contributed by atoms with Crippen LogP contribution in [0.15, 0.2) is 30.5 Å². The molecule has 3 rings (SSSR count). The van der Waals surface area contributed by atoms with E-state index in [0.29, 0.717) is 25.3 Å². The maximum atomic E-state index is 12.4. The van der Waals surface area contributed by atoms with Gasteiger partial charge in [0.15, 0.2) is 0 Å². The van der Waals surface area contributed by atoms with E-state index >= 15 is 0 Å². The maximum Gasteiger partial charge on any atom is 0.309 e. The number of carbonyl (C=O) groups excluding carboxylic acids is 1. The SMILES string of the molecule is Cc1nn(CCC(=O)N2CCN(Cc3cccc(Cl)c3)CC2)cc1[N+](=O)[O-]. The third kappa shape index (κ3) is 5.05. The highest BCUT2D eigenvalue weighted by Crippen LogP contribution is 2.16. The first kappa shape index (κ1) is 19.3. The lowest BCUT2D eigenvalue weighted by atomic mass is 10.2. The third-order valence-electron chi connectivity index (χ3n) is 4.69. The number of aromatic nitrogens is 2. The van der Waals surface area contributed by atoms with Gasteiger partial charge in [-0.3, -0.25) is 24.5 Å². The van der Waals surface area contributed by atoms with Crippen LogP contribution in [0.3, 0.4) is 0 Å². The van der Waals surface area contributed by atoms with Gasteiger partial charge in [-0.1, -0.05) is 23.7 Å². The van der Waals surface area contributed by atoms with E-state index in [2.05, 4.69) is 16.1 Å². The topological polar surface area (TPSA) is 84.5 Å². The molecule has 8 nitrogen and oxygen atoms in total. The van der Waals surface area contributed by atoms with Gasteiger partial charge in [-0.15, -0.1) is 0 Å². The van der Waals surface area contributed by atoms with Gasteiger partial charge >= 0.3 is 5.69 Å². The highest BCUT2D eigenvalue weighted by molar-refractivity contribution is 6.30. The Balaban J connectivity index is 1.46. The van der Waals surface area contributed by atoms with E-state index in [1.165, 1.54) is 10.9 Å². The van der Waals surface area contributed by atoms with Crippen molar-refractivity contribution in [1.29, 1.82) is 0 Å². The Morgan fingerprint density at radius 3 is 2.67 bits per heavy atom. The van der Waals surface area contributed by atoms with Crippen molar-refractivity contribution in [3.8, 4) is 0 Å². The second-order valence-corrected chi connectivity index (χ2v) is 7.09. The van der Waals surface area contributed by atoms with Crippen LogP contribution in [0, 0.1) is 17.0 Å². The smallest absolute Gasteiger partial charge is 0.309 e. The Bertz CT molecular complexity index is 830. The molecular weight excluding hydrogens is 370 g/mol. The number of piperazine rings is 1. The first-order chi connectivity index (χ1) is 12.9. The summed E-state index contributed by atoms with van der Waals surface area (Å²) < 4.78 is 1.47. The van der Waals surface area contributed by atoms with Crippen LogP contribution in [0.5, 0.6) is 0 Å². The van der Waals surface area contributed by atoms with Gasteiger partial charge < -0.3 is 4.90 Å². The molecule has 9 heteroatoms. The van der Waals surface area contributed by atoms with Crippen LogP contribution >= 0.6 is 11.6 Å². The number of rotatable bonds is 6. The van der Waals surface area contributed by atoms with Crippen molar-refractivity contribution in [1.82, 2.24) is 19.6 Å². The number of amides is 1. The standard InChI is InChI=1S/C18H22ClN5O3/c1-14-17(24(26)27)13-23(20-14)6-5-18(25)22-9-7-21(8-10-22)12-15-3-2-4-16(19)11-15/h2-4,11,13H,5-10,12H2,1H3. The lowest BCUT2D eigenvalue weighted by molar-refractivity contribution is -0.385. The third-order valence-corrected chi connectivity index (χ3v) is 4.93. The maximum absolute atomic E-state index is 12.4. The molecule has 1 aliphatic heterocycles.